The van der Waals surface area contributed by atoms with E-state index >= 15 is 0 Å². The number of ether oxygens (including phenoxy) is 1. The maximum Gasteiger partial charge on any atom is 0.318 e. The Balaban J connectivity index is 1.60. The van der Waals surface area contributed by atoms with Gasteiger partial charge in [-0.1, -0.05) is 18.2 Å². The van der Waals surface area contributed by atoms with Gasteiger partial charge in [0.2, 0.25) is 0 Å². The summed E-state index contributed by atoms with van der Waals surface area (Å²) in [5.74, 6) is 0. The molecule has 0 bridgehead atoms. The van der Waals surface area contributed by atoms with Crippen LogP contribution in [0.2, 0.25) is 0 Å². The molecule has 2 heterocycles. The molecule has 1 aliphatic heterocycles. The third-order valence-corrected chi connectivity index (χ3v) is 5.39. The summed E-state index contributed by atoms with van der Waals surface area (Å²) < 4.78 is 5.53. The van der Waals surface area contributed by atoms with Gasteiger partial charge in [-0.2, -0.15) is 0 Å². The minimum Gasteiger partial charge on any atom is -0.387 e. The van der Waals surface area contributed by atoms with Crippen LogP contribution in [0.5, 0.6) is 0 Å². The minimum atomic E-state index is -0.549. The molecule has 1 aliphatic carbocycles. The van der Waals surface area contributed by atoms with E-state index in [1.807, 2.05) is 22.4 Å². The molecule has 0 aromatic carbocycles. The van der Waals surface area contributed by atoms with Gasteiger partial charge >= 0.3 is 6.03 Å². The molecule has 1 saturated heterocycles. The number of aliphatic hydroxyl groups is 1. The fourth-order valence-electron chi connectivity index (χ4n) is 3.15. The third-order valence-electron chi connectivity index (χ3n) is 4.42. The summed E-state index contributed by atoms with van der Waals surface area (Å²) in [6, 6.07) is 3.85. The van der Waals surface area contributed by atoms with Crippen LogP contribution in [0.25, 0.3) is 0 Å². The van der Waals surface area contributed by atoms with Crippen molar-refractivity contribution in [3.63, 3.8) is 0 Å². The van der Waals surface area contributed by atoms with Crippen molar-refractivity contribution in [2.45, 2.75) is 43.9 Å². The third kappa shape index (κ3) is 4.34. The molecule has 5 nitrogen and oxygen atoms in total. The molecule has 126 valence electrons. The normalized spacial score (nSPS) is 26.0. The molecule has 0 radical (unpaired) electrons. The molecule has 0 spiro atoms. The van der Waals surface area contributed by atoms with Crippen LogP contribution >= 0.6 is 11.3 Å². The van der Waals surface area contributed by atoms with E-state index in [-0.39, 0.29) is 18.1 Å². The van der Waals surface area contributed by atoms with Crippen LogP contribution in [0.4, 0.5) is 4.79 Å². The minimum absolute atomic E-state index is 0.0479. The summed E-state index contributed by atoms with van der Waals surface area (Å²) in [6.07, 6.45) is 7.38. The summed E-state index contributed by atoms with van der Waals surface area (Å²) >= 11 is 1.54. The van der Waals surface area contributed by atoms with Gasteiger partial charge in [0, 0.05) is 23.9 Å². The largest absolute Gasteiger partial charge is 0.387 e. The standard InChI is InChI=1S/C17H24N2O3S/c20-15(16-7-4-10-23-16)11-14-12-22-9-8-19(14)17(21)18-13-5-2-1-3-6-13/h2,4-5,7,10,13-15,20H,1,3,6,8-9,11-12H2,(H,18,21). The molecule has 0 saturated carbocycles. The van der Waals surface area contributed by atoms with Crippen LogP contribution in [0.3, 0.4) is 0 Å². The second-order valence-electron chi connectivity index (χ2n) is 6.10. The molecular weight excluding hydrogens is 312 g/mol. The fraction of sp³-hybridized carbons (Fsp3) is 0.588. The van der Waals surface area contributed by atoms with E-state index in [0.717, 1.165) is 24.1 Å². The van der Waals surface area contributed by atoms with Gasteiger partial charge in [-0.05, 0) is 30.7 Å². The highest BCUT2D eigenvalue weighted by atomic mass is 32.1. The first-order valence-electron chi connectivity index (χ1n) is 8.27. The summed E-state index contributed by atoms with van der Waals surface area (Å²) in [5, 5.41) is 15.4. The van der Waals surface area contributed by atoms with Gasteiger partial charge in [0.15, 0.2) is 0 Å². The van der Waals surface area contributed by atoms with Crippen molar-refractivity contribution in [2.75, 3.05) is 19.8 Å². The van der Waals surface area contributed by atoms with Gasteiger partial charge in [0.05, 0.1) is 25.4 Å². The number of nitrogens with one attached hydrogen (secondary N) is 1. The maximum atomic E-state index is 12.6. The van der Waals surface area contributed by atoms with Gasteiger partial charge in [0.1, 0.15) is 0 Å². The lowest BCUT2D eigenvalue weighted by Gasteiger charge is -2.37. The molecule has 6 heteroatoms. The predicted octanol–water partition coefficient (Wildman–Crippen LogP) is 2.69. The first kappa shape index (κ1) is 16.5. The molecular formula is C17H24N2O3S. The van der Waals surface area contributed by atoms with Crippen molar-refractivity contribution in [1.82, 2.24) is 10.2 Å². The molecule has 1 fully saturated rings. The van der Waals surface area contributed by atoms with Crippen molar-refractivity contribution in [3.05, 3.63) is 34.5 Å². The number of urea groups is 1. The second kappa shape index (κ2) is 7.95. The van der Waals surface area contributed by atoms with Crippen LogP contribution < -0.4 is 5.32 Å². The molecule has 1 aromatic rings. The number of carbonyl (C=O) groups excluding carboxylic acids is 1. The number of hydrogen-bond donors (Lipinski definition) is 2. The van der Waals surface area contributed by atoms with Gasteiger partial charge in [-0.15, -0.1) is 11.3 Å². The number of carbonyl (C=O) groups is 1. The van der Waals surface area contributed by atoms with E-state index in [1.165, 1.54) is 11.3 Å². The van der Waals surface area contributed by atoms with Crippen LogP contribution in [0, 0.1) is 0 Å². The lowest BCUT2D eigenvalue weighted by molar-refractivity contribution is -0.00681. The Kier molecular flexibility index (Phi) is 5.70. The highest BCUT2D eigenvalue weighted by Gasteiger charge is 2.30. The van der Waals surface area contributed by atoms with E-state index in [2.05, 4.69) is 17.5 Å². The highest BCUT2D eigenvalue weighted by Crippen LogP contribution is 2.26. The summed E-state index contributed by atoms with van der Waals surface area (Å²) in [4.78, 5) is 15.3. The number of hydrogen-bond acceptors (Lipinski definition) is 4. The number of morpholine rings is 1. The number of allylic oxidation sites excluding steroid dienone is 1. The molecule has 3 rings (SSSR count). The van der Waals surface area contributed by atoms with Gasteiger partial charge in [-0.25, -0.2) is 4.79 Å². The van der Waals surface area contributed by atoms with Gasteiger partial charge < -0.3 is 20.1 Å². The highest BCUT2D eigenvalue weighted by molar-refractivity contribution is 7.10. The quantitative estimate of drug-likeness (QED) is 0.831. The molecule has 2 amide bonds. The average molecular weight is 336 g/mol. The summed E-state index contributed by atoms with van der Waals surface area (Å²) in [5.41, 5.74) is 0. The Labute approximate surface area is 140 Å². The molecule has 2 aliphatic rings. The van der Waals surface area contributed by atoms with E-state index in [4.69, 9.17) is 4.74 Å². The van der Waals surface area contributed by atoms with E-state index in [9.17, 15) is 9.90 Å². The van der Waals surface area contributed by atoms with Crippen molar-refractivity contribution in [1.29, 1.82) is 0 Å². The van der Waals surface area contributed by atoms with Crippen LogP contribution in [0.15, 0.2) is 29.7 Å². The smallest absolute Gasteiger partial charge is 0.318 e. The van der Waals surface area contributed by atoms with Gasteiger partial charge in [0.25, 0.3) is 0 Å². The number of amides is 2. The molecule has 3 unspecified atom stereocenters. The Morgan fingerprint density at radius 3 is 3.22 bits per heavy atom. The maximum absolute atomic E-state index is 12.6. The Morgan fingerprint density at radius 1 is 1.57 bits per heavy atom. The fourth-order valence-corrected chi connectivity index (χ4v) is 3.87. The predicted molar refractivity (Wildman–Crippen MR) is 90.5 cm³/mol. The average Bonchev–Trinajstić information content (AvgIpc) is 3.11. The van der Waals surface area contributed by atoms with Crippen molar-refractivity contribution >= 4 is 17.4 Å². The van der Waals surface area contributed by atoms with Crippen LogP contribution in [0.1, 0.15) is 36.7 Å². The van der Waals surface area contributed by atoms with Crippen molar-refractivity contribution in [3.8, 4) is 0 Å². The topological polar surface area (TPSA) is 61.8 Å². The molecule has 1 aromatic heterocycles. The molecule has 2 N–H and O–H groups in total. The first-order chi connectivity index (χ1) is 11.2. The molecule has 3 atom stereocenters. The monoisotopic (exact) mass is 336 g/mol. The zero-order chi connectivity index (χ0) is 16.1. The Morgan fingerprint density at radius 2 is 2.48 bits per heavy atom. The number of nitrogens with zero attached hydrogens (tertiary/aromatic N) is 1. The number of rotatable bonds is 4. The Bertz CT molecular complexity index is 532. The molecule has 23 heavy (non-hydrogen) atoms. The van der Waals surface area contributed by atoms with Crippen LogP contribution in [-0.4, -0.2) is 47.9 Å². The first-order valence-corrected chi connectivity index (χ1v) is 9.15. The van der Waals surface area contributed by atoms with Gasteiger partial charge in [-0.3, -0.25) is 0 Å². The van der Waals surface area contributed by atoms with Crippen molar-refractivity contribution in [2.24, 2.45) is 0 Å². The summed E-state index contributed by atoms with van der Waals surface area (Å²) in [6.45, 7) is 1.61. The van der Waals surface area contributed by atoms with Crippen LogP contribution in [-0.2, 0) is 4.74 Å². The second-order valence-corrected chi connectivity index (χ2v) is 7.08. The van der Waals surface area contributed by atoms with Crippen molar-refractivity contribution < 1.29 is 14.6 Å². The number of aliphatic hydroxyl groups excluding tert-OH is 1. The zero-order valence-electron chi connectivity index (χ0n) is 13.2. The Hall–Kier alpha value is -1.37. The van der Waals surface area contributed by atoms with E-state index < -0.39 is 6.10 Å². The summed E-state index contributed by atoms with van der Waals surface area (Å²) in [7, 11) is 0. The lowest BCUT2D eigenvalue weighted by Crippen LogP contribution is -2.54. The van der Waals surface area contributed by atoms with E-state index in [0.29, 0.717) is 26.2 Å². The lowest BCUT2D eigenvalue weighted by atomic mass is 10.0. The SMILES string of the molecule is O=C(NC1C=CCCC1)N1CCOCC1CC(O)c1cccs1. The van der Waals surface area contributed by atoms with E-state index in [1.54, 1.807) is 0 Å². The zero-order valence-corrected chi connectivity index (χ0v) is 14.0. The number of thiophene rings is 1.